The molecule has 1 spiro atoms. The van der Waals surface area contributed by atoms with Crippen LogP contribution < -0.4 is 10.6 Å². The quantitative estimate of drug-likeness (QED) is 0.550. The van der Waals surface area contributed by atoms with Crippen molar-refractivity contribution in [3.8, 4) is 0 Å². The lowest BCUT2D eigenvalue weighted by atomic mass is 9.76. The van der Waals surface area contributed by atoms with E-state index in [9.17, 15) is 14.4 Å². The number of rotatable bonds is 6. The summed E-state index contributed by atoms with van der Waals surface area (Å²) in [7, 11) is 1.59. The Labute approximate surface area is 180 Å². The number of carbonyl (C=O) groups excluding carboxylic acids is 3. The Bertz CT molecular complexity index is 1040. The van der Waals surface area contributed by atoms with Gasteiger partial charge in [-0.25, -0.2) is 0 Å². The fourth-order valence-corrected chi connectivity index (χ4v) is 5.45. The first-order valence-corrected chi connectivity index (χ1v) is 10.6. The zero-order chi connectivity index (χ0) is 21.6. The van der Waals surface area contributed by atoms with E-state index in [2.05, 4.69) is 10.6 Å². The highest BCUT2D eigenvalue weighted by molar-refractivity contribution is 6.15. The molecule has 2 aromatic carbocycles. The van der Waals surface area contributed by atoms with Crippen LogP contribution in [0.1, 0.15) is 17.5 Å². The minimum absolute atomic E-state index is 0.200. The molecular weight excluding hydrogens is 394 g/mol. The van der Waals surface area contributed by atoms with Crippen LogP contribution in [0.15, 0.2) is 54.6 Å². The number of hydrogen-bond donors (Lipinski definition) is 2. The summed E-state index contributed by atoms with van der Waals surface area (Å²) >= 11 is 0. The van der Waals surface area contributed by atoms with Gasteiger partial charge < -0.3 is 10.1 Å². The third-order valence-corrected chi connectivity index (χ3v) is 6.74. The summed E-state index contributed by atoms with van der Waals surface area (Å²) in [6.07, 6.45) is 1.13. The number of nitrogens with one attached hydrogen (secondary N) is 2. The van der Waals surface area contributed by atoms with Gasteiger partial charge in [0.25, 0.3) is 0 Å². The molecule has 7 heteroatoms. The zero-order valence-electron chi connectivity index (χ0n) is 17.3. The topological polar surface area (TPSA) is 87.7 Å². The fraction of sp³-hybridized carbons (Fsp3) is 0.375. The second-order valence-corrected chi connectivity index (χ2v) is 8.43. The van der Waals surface area contributed by atoms with Crippen molar-refractivity contribution in [3.05, 3.63) is 65.7 Å². The van der Waals surface area contributed by atoms with Crippen molar-refractivity contribution < 1.29 is 19.1 Å². The minimum atomic E-state index is -1.23. The minimum Gasteiger partial charge on any atom is -0.385 e. The molecule has 0 radical (unpaired) electrons. The summed E-state index contributed by atoms with van der Waals surface area (Å²) in [5.41, 5.74) is 1.26. The van der Waals surface area contributed by atoms with E-state index in [-0.39, 0.29) is 23.8 Å². The molecule has 160 valence electrons. The van der Waals surface area contributed by atoms with Crippen molar-refractivity contribution in [2.24, 2.45) is 11.8 Å². The highest BCUT2D eigenvalue weighted by Gasteiger charge is 2.70. The lowest BCUT2D eigenvalue weighted by Gasteiger charge is -2.29. The maximum Gasteiger partial charge on any atom is 0.250 e. The van der Waals surface area contributed by atoms with Crippen LogP contribution in [0, 0.1) is 11.8 Å². The molecule has 5 rings (SSSR count). The maximum atomic E-state index is 13.6. The Morgan fingerprint density at radius 2 is 1.74 bits per heavy atom. The second kappa shape index (κ2) is 7.59. The molecule has 0 saturated carbocycles. The summed E-state index contributed by atoms with van der Waals surface area (Å²) in [4.78, 5) is 41.7. The first-order valence-electron chi connectivity index (χ1n) is 10.6. The number of ether oxygens (including phenoxy) is 1. The molecule has 31 heavy (non-hydrogen) atoms. The molecule has 0 unspecified atom stereocenters. The van der Waals surface area contributed by atoms with Crippen LogP contribution in [0.2, 0.25) is 0 Å². The van der Waals surface area contributed by atoms with Gasteiger partial charge in [0, 0.05) is 37.6 Å². The first-order chi connectivity index (χ1) is 15.1. The smallest absolute Gasteiger partial charge is 0.250 e. The molecule has 3 amide bonds. The molecular formula is C24H25N3O4. The maximum absolute atomic E-state index is 13.6. The number of hydrogen-bond acceptors (Lipinski definition) is 5. The van der Waals surface area contributed by atoms with Crippen molar-refractivity contribution in [2.75, 3.05) is 25.6 Å². The van der Waals surface area contributed by atoms with E-state index in [4.69, 9.17) is 4.74 Å². The predicted octanol–water partition coefficient (Wildman–Crippen LogP) is 1.69. The van der Waals surface area contributed by atoms with Gasteiger partial charge in [0.05, 0.1) is 11.8 Å². The third kappa shape index (κ3) is 2.91. The van der Waals surface area contributed by atoms with E-state index >= 15 is 0 Å². The standard InChI is InChI=1S/C24H25N3O4/c1-31-13-7-12-27-21(28)19-18(14-15-8-3-2-4-9-15)26-24(20(19)22(27)29)16-10-5-6-11-17(16)25-23(24)30/h2-6,8-11,18-20,26H,7,12-14H2,1H3,(H,25,30)/t18-,19-,20+,24+/m1/s1. The average Bonchev–Trinajstić information content (AvgIpc) is 3.35. The van der Waals surface area contributed by atoms with E-state index < -0.39 is 17.4 Å². The summed E-state index contributed by atoms with van der Waals surface area (Å²) in [6, 6.07) is 16.9. The molecule has 4 atom stereocenters. The SMILES string of the molecule is COCCCN1C(=O)[C@H]2[C@@H](C1=O)[C@]1(N[C@@H]2Cc2ccccc2)C(=O)Nc2ccccc21. The molecule has 3 heterocycles. The Morgan fingerprint density at radius 3 is 2.52 bits per heavy atom. The predicted molar refractivity (Wildman–Crippen MR) is 114 cm³/mol. The monoisotopic (exact) mass is 419 g/mol. The average molecular weight is 419 g/mol. The molecule has 0 aliphatic carbocycles. The normalized spacial score (nSPS) is 28.9. The summed E-state index contributed by atoms with van der Waals surface area (Å²) < 4.78 is 5.10. The Balaban J connectivity index is 1.57. The molecule has 2 saturated heterocycles. The van der Waals surface area contributed by atoms with E-state index in [1.807, 2.05) is 54.6 Å². The van der Waals surface area contributed by atoms with Crippen LogP contribution in [0.4, 0.5) is 5.69 Å². The Morgan fingerprint density at radius 1 is 1.00 bits per heavy atom. The number of para-hydroxylation sites is 1. The number of likely N-dealkylation sites (tertiary alicyclic amines) is 1. The van der Waals surface area contributed by atoms with E-state index in [1.165, 1.54) is 4.90 Å². The van der Waals surface area contributed by atoms with E-state index in [0.29, 0.717) is 31.7 Å². The van der Waals surface area contributed by atoms with Gasteiger partial charge in [-0.2, -0.15) is 0 Å². The van der Waals surface area contributed by atoms with Crippen LogP contribution in [0.3, 0.4) is 0 Å². The number of amides is 3. The first kappa shape index (κ1) is 19.9. The lowest BCUT2D eigenvalue weighted by molar-refractivity contribution is -0.143. The number of benzene rings is 2. The van der Waals surface area contributed by atoms with Crippen LogP contribution in [-0.2, 0) is 31.1 Å². The van der Waals surface area contributed by atoms with Crippen molar-refractivity contribution in [2.45, 2.75) is 24.4 Å². The molecule has 2 fully saturated rings. The number of anilines is 1. The molecule has 7 nitrogen and oxygen atoms in total. The van der Waals surface area contributed by atoms with Gasteiger partial charge in [-0.05, 0) is 24.5 Å². The van der Waals surface area contributed by atoms with Gasteiger partial charge in [0.2, 0.25) is 17.7 Å². The van der Waals surface area contributed by atoms with E-state index in [0.717, 1.165) is 11.1 Å². The number of methoxy groups -OCH3 is 1. The molecule has 2 N–H and O–H groups in total. The summed E-state index contributed by atoms with van der Waals surface area (Å²) in [5.74, 6) is -2.10. The number of fused-ring (bicyclic) bond motifs is 4. The third-order valence-electron chi connectivity index (χ3n) is 6.74. The van der Waals surface area contributed by atoms with Crippen LogP contribution in [0.5, 0.6) is 0 Å². The number of imide groups is 1. The van der Waals surface area contributed by atoms with Crippen LogP contribution in [-0.4, -0.2) is 48.9 Å². The Hall–Kier alpha value is -3.03. The fourth-order valence-electron chi connectivity index (χ4n) is 5.45. The largest absolute Gasteiger partial charge is 0.385 e. The van der Waals surface area contributed by atoms with Gasteiger partial charge in [-0.1, -0.05) is 48.5 Å². The zero-order valence-corrected chi connectivity index (χ0v) is 17.3. The van der Waals surface area contributed by atoms with Gasteiger partial charge in [-0.15, -0.1) is 0 Å². The van der Waals surface area contributed by atoms with Crippen molar-refractivity contribution in [3.63, 3.8) is 0 Å². The molecule has 0 bridgehead atoms. The van der Waals surface area contributed by atoms with Crippen molar-refractivity contribution >= 4 is 23.4 Å². The summed E-state index contributed by atoms with van der Waals surface area (Å²) in [6.45, 7) is 0.766. The second-order valence-electron chi connectivity index (χ2n) is 8.43. The summed E-state index contributed by atoms with van der Waals surface area (Å²) in [5, 5.41) is 6.39. The highest BCUT2D eigenvalue weighted by Crippen LogP contribution is 2.53. The van der Waals surface area contributed by atoms with Crippen LogP contribution >= 0.6 is 0 Å². The molecule has 3 aliphatic rings. The van der Waals surface area contributed by atoms with Gasteiger partial charge in [-0.3, -0.25) is 24.6 Å². The molecule has 0 aromatic heterocycles. The Kier molecular flexibility index (Phi) is 4.87. The highest BCUT2D eigenvalue weighted by atomic mass is 16.5. The molecule has 2 aromatic rings. The van der Waals surface area contributed by atoms with Gasteiger partial charge in [0.15, 0.2) is 0 Å². The van der Waals surface area contributed by atoms with Crippen LogP contribution in [0.25, 0.3) is 0 Å². The van der Waals surface area contributed by atoms with Gasteiger partial charge >= 0.3 is 0 Å². The lowest BCUT2D eigenvalue weighted by Crippen LogP contribution is -2.53. The van der Waals surface area contributed by atoms with Crippen molar-refractivity contribution in [1.82, 2.24) is 10.2 Å². The molecule has 3 aliphatic heterocycles. The van der Waals surface area contributed by atoms with E-state index in [1.54, 1.807) is 7.11 Å². The number of nitrogens with zero attached hydrogens (tertiary/aromatic N) is 1. The number of carbonyl (C=O) groups is 3. The van der Waals surface area contributed by atoms with Gasteiger partial charge in [0.1, 0.15) is 5.54 Å². The van der Waals surface area contributed by atoms with Crippen molar-refractivity contribution in [1.29, 1.82) is 0 Å².